The number of alkyl halides is 3. The van der Waals surface area contributed by atoms with Crippen LogP contribution in [0.4, 0.5) is 17.6 Å². The lowest BCUT2D eigenvalue weighted by Gasteiger charge is -2.15. The average molecular weight is 278 g/mol. The highest BCUT2D eigenvalue weighted by Gasteiger charge is 2.31. The molecule has 1 atom stereocenters. The first kappa shape index (κ1) is 15.9. The lowest BCUT2D eigenvalue weighted by atomic mass is 10.1. The van der Waals surface area contributed by atoms with E-state index in [-0.39, 0.29) is 18.2 Å². The molecule has 2 nitrogen and oxygen atoms in total. The Labute approximate surface area is 110 Å². The predicted molar refractivity (Wildman–Crippen MR) is 66.2 cm³/mol. The van der Waals surface area contributed by atoms with E-state index in [1.54, 1.807) is 0 Å². The van der Waals surface area contributed by atoms with Crippen LogP contribution in [-0.4, -0.2) is 19.1 Å². The molecule has 0 aliphatic rings. The summed E-state index contributed by atoms with van der Waals surface area (Å²) in [6, 6.07) is 2.51. The number of halogens is 4. The molecule has 0 aliphatic heterocycles. The molecule has 0 radical (unpaired) electrons. The molecule has 1 rings (SSSR count). The molecule has 0 saturated heterocycles. The van der Waals surface area contributed by atoms with E-state index in [4.69, 9.17) is 0 Å². The van der Waals surface area contributed by atoms with E-state index in [1.807, 2.05) is 13.8 Å². The fourth-order valence-electron chi connectivity index (χ4n) is 1.60. The summed E-state index contributed by atoms with van der Waals surface area (Å²) < 4.78 is 51.0. The van der Waals surface area contributed by atoms with Crippen molar-refractivity contribution in [2.75, 3.05) is 13.1 Å². The van der Waals surface area contributed by atoms with E-state index in [0.29, 0.717) is 6.54 Å². The maximum Gasteiger partial charge on any atom is 0.416 e. The Morgan fingerprint density at radius 3 is 2.53 bits per heavy atom. The molecule has 0 bridgehead atoms. The van der Waals surface area contributed by atoms with E-state index in [0.717, 1.165) is 24.7 Å². The lowest BCUT2D eigenvalue weighted by molar-refractivity contribution is -0.137. The lowest BCUT2D eigenvalue weighted by Crippen LogP contribution is -2.36. The molecule has 0 fully saturated rings. The molecule has 1 aromatic rings. The van der Waals surface area contributed by atoms with Gasteiger partial charge in [0.2, 0.25) is 0 Å². The van der Waals surface area contributed by atoms with E-state index in [2.05, 4.69) is 10.6 Å². The number of nitrogens with one attached hydrogen (secondary N) is 2. The van der Waals surface area contributed by atoms with Gasteiger partial charge in [0, 0.05) is 24.7 Å². The Morgan fingerprint density at radius 1 is 1.26 bits per heavy atom. The zero-order valence-corrected chi connectivity index (χ0v) is 10.9. The van der Waals surface area contributed by atoms with Gasteiger partial charge in [0.05, 0.1) is 5.56 Å². The summed E-state index contributed by atoms with van der Waals surface area (Å²) in [6.07, 6.45) is -4.45. The highest BCUT2D eigenvalue weighted by molar-refractivity contribution is 5.27. The second-order valence-electron chi connectivity index (χ2n) is 4.39. The summed E-state index contributed by atoms with van der Waals surface area (Å²) in [7, 11) is 0. The van der Waals surface area contributed by atoms with Gasteiger partial charge in [-0.25, -0.2) is 4.39 Å². The first-order valence-corrected chi connectivity index (χ1v) is 6.14. The summed E-state index contributed by atoms with van der Waals surface area (Å²) in [5.74, 6) is -0.629. The SMILES string of the molecule is CCNCC(C)NCc1cc(C(F)(F)F)ccc1F. The van der Waals surface area contributed by atoms with Crippen LogP contribution in [0.25, 0.3) is 0 Å². The van der Waals surface area contributed by atoms with Crippen LogP contribution >= 0.6 is 0 Å². The first-order chi connectivity index (χ1) is 8.84. The zero-order valence-electron chi connectivity index (χ0n) is 10.9. The van der Waals surface area contributed by atoms with E-state index < -0.39 is 17.6 Å². The molecule has 0 aromatic heterocycles. The van der Waals surface area contributed by atoms with Gasteiger partial charge in [-0.1, -0.05) is 6.92 Å². The molecule has 0 saturated carbocycles. The van der Waals surface area contributed by atoms with E-state index >= 15 is 0 Å². The van der Waals surface area contributed by atoms with Crippen molar-refractivity contribution in [3.05, 3.63) is 35.1 Å². The van der Waals surface area contributed by atoms with Gasteiger partial charge in [-0.05, 0) is 31.7 Å². The van der Waals surface area contributed by atoms with Gasteiger partial charge in [-0.3, -0.25) is 0 Å². The Balaban J connectivity index is 2.67. The van der Waals surface area contributed by atoms with Crippen LogP contribution in [0.3, 0.4) is 0 Å². The minimum Gasteiger partial charge on any atom is -0.315 e. The molecule has 0 spiro atoms. The van der Waals surface area contributed by atoms with Crippen LogP contribution in [0.15, 0.2) is 18.2 Å². The molecule has 0 heterocycles. The van der Waals surface area contributed by atoms with Gasteiger partial charge in [-0.2, -0.15) is 13.2 Å². The molecule has 0 amide bonds. The third kappa shape index (κ3) is 5.16. The summed E-state index contributed by atoms with van der Waals surface area (Å²) >= 11 is 0. The molecule has 19 heavy (non-hydrogen) atoms. The summed E-state index contributed by atoms with van der Waals surface area (Å²) in [5, 5.41) is 6.08. The normalized spacial score (nSPS) is 13.6. The monoisotopic (exact) mass is 278 g/mol. The Hall–Kier alpha value is -1.14. The molecular formula is C13H18F4N2. The van der Waals surface area contributed by atoms with Crippen molar-refractivity contribution in [1.29, 1.82) is 0 Å². The fourth-order valence-corrected chi connectivity index (χ4v) is 1.60. The maximum absolute atomic E-state index is 13.4. The summed E-state index contributed by atoms with van der Waals surface area (Å²) in [4.78, 5) is 0. The van der Waals surface area contributed by atoms with E-state index in [9.17, 15) is 17.6 Å². The molecule has 2 N–H and O–H groups in total. The molecule has 1 aromatic carbocycles. The van der Waals surface area contributed by atoms with Gasteiger partial charge in [0.1, 0.15) is 5.82 Å². The molecule has 108 valence electrons. The Bertz CT molecular complexity index is 404. The van der Waals surface area contributed by atoms with Gasteiger partial charge in [0.15, 0.2) is 0 Å². The third-order valence-electron chi connectivity index (χ3n) is 2.71. The molecule has 1 unspecified atom stereocenters. The largest absolute Gasteiger partial charge is 0.416 e. The van der Waals surface area contributed by atoms with Gasteiger partial charge >= 0.3 is 6.18 Å². The molecule has 0 aliphatic carbocycles. The minimum atomic E-state index is -4.45. The van der Waals surface area contributed by atoms with Crippen molar-refractivity contribution in [3.63, 3.8) is 0 Å². The van der Waals surface area contributed by atoms with Crippen LogP contribution in [0.5, 0.6) is 0 Å². The first-order valence-electron chi connectivity index (χ1n) is 6.14. The van der Waals surface area contributed by atoms with Crippen molar-refractivity contribution in [2.45, 2.75) is 32.6 Å². The second kappa shape index (κ2) is 6.86. The maximum atomic E-state index is 13.4. The number of likely N-dealkylation sites (N-methyl/N-ethyl adjacent to an activating group) is 1. The van der Waals surface area contributed by atoms with Gasteiger partial charge < -0.3 is 10.6 Å². The van der Waals surface area contributed by atoms with E-state index in [1.165, 1.54) is 0 Å². The highest BCUT2D eigenvalue weighted by Crippen LogP contribution is 2.30. The highest BCUT2D eigenvalue weighted by atomic mass is 19.4. The molecule has 6 heteroatoms. The predicted octanol–water partition coefficient (Wildman–Crippen LogP) is 2.93. The quantitative estimate of drug-likeness (QED) is 0.782. The number of hydrogen-bond donors (Lipinski definition) is 2. The van der Waals surface area contributed by atoms with Crippen molar-refractivity contribution in [3.8, 4) is 0 Å². The van der Waals surface area contributed by atoms with Crippen molar-refractivity contribution in [1.82, 2.24) is 10.6 Å². The number of rotatable bonds is 6. The Kier molecular flexibility index (Phi) is 5.75. The van der Waals surface area contributed by atoms with Crippen LogP contribution in [-0.2, 0) is 12.7 Å². The second-order valence-corrected chi connectivity index (χ2v) is 4.39. The van der Waals surface area contributed by atoms with Crippen molar-refractivity contribution >= 4 is 0 Å². The van der Waals surface area contributed by atoms with Crippen molar-refractivity contribution < 1.29 is 17.6 Å². The third-order valence-corrected chi connectivity index (χ3v) is 2.71. The van der Waals surface area contributed by atoms with Gasteiger partial charge in [-0.15, -0.1) is 0 Å². The van der Waals surface area contributed by atoms with Crippen LogP contribution in [0, 0.1) is 5.82 Å². The van der Waals surface area contributed by atoms with Gasteiger partial charge in [0.25, 0.3) is 0 Å². The minimum absolute atomic E-state index is 0.0261. The van der Waals surface area contributed by atoms with Crippen LogP contribution in [0.1, 0.15) is 25.0 Å². The topological polar surface area (TPSA) is 24.1 Å². The fraction of sp³-hybridized carbons (Fsp3) is 0.538. The van der Waals surface area contributed by atoms with Crippen LogP contribution in [0.2, 0.25) is 0 Å². The van der Waals surface area contributed by atoms with Crippen LogP contribution < -0.4 is 10.6 Å². The standard InChI is InChI=1S/C13H18F4N2/c1-3-18-7-9(2)19-8-10-6-11(13(15,16)17)4-5-12(10)14/h4-6,9,18-19H,3,7-8H2,1-2H3. The number of benzene rings is 1. The summed E-state index contributed by atoms with van der Waals surface area (Å²) in [5.41, 5.74) is -0.803. The zero-order chi connectivity index (χ0) is 14.5. The van der Waals surface area contributed by atoms with Crippen molar-refractivity contribution in [2.24, 2.45) is 0 Å². The number of hydrogen-bond acceptors (Lipinski definition) is 2. The summed E-state index contributed by atoms with van der Waals surface area (Å²) in [6.45, 7) is 5.40. The smallest absolute Gasteiger partial charge is 0.315 e. The molecular weight excluding hydrogens is 260 g/mol. The average Bonchev–Trinajstić information content (AvgIpc) is 2.33. The Morgan fingerprint density at radius 2 is 1.95 bits per heavy atom.